The highest BCUT2D eigenvalue weighted by atomic mass is 16.5. The number of furan rings is 1. The van der Waals surface area contributed by atoms with Gasteiger partial charge in [0.15, 0.2) is 11.3 Å². The van der Waals surface area contributed by atoms with Gasteiger partial charge in [-0.25, -0.2) is 0 Å². The fourth-order valence-corrected chi connectivity index (χ4v) is 1.81. The number of hydrogen-bond acceptors (Lipinski definition) is 3. The van der Waals surface area contributed by atoms with Gasteiger partial charge in [-0.15, -0.1) is 0 Å². The lowest BCUT2D eigenvalue weighted by Crippen LogP contribution is -2.11. The summed E-state index contributed by atoms with van der Waals surface area (Å²) >= 11 is 0. The molecule has 0 aliphatic heterocycles. The minimum Gasteiger partial charge on any atom is -0.490 e. The van der Waals surface area contributed by atoms with Crippen LogP contribution < -0.4 is 10.1 Å². The second-order valence-electron chi connectivity index (χ2n) is 4.02. The lowest BCUT2D eigenvalue weighted by Gasteiger charge is -2.04. The molecule has 0 radical (unpaired) electrons. The molecular formula is C14H19NO2. The smallest absolute Gasteiger partial charge is 0.176 e. The molecule has 0 fully saturated rings. The molecule has 0 saturated heterocycles. The van der Waals surface area contributed by atoms with Gasteiger partial charge >= 0.3 is 0 Å². The first-order valence-corrected chi connectivity index (χ1v) is 6.19. The van der Waals surface area contributed by atoms with E-state index >= 15 is 0 Å². The van der Waals surface area contributed by atoms with Gasteiger partial charge in [-0.3, -0.25) is 0 Å². The highest BCUT2D eigenvalue weighted by Gasteiger charge is 2.09. The molecule has 3 heteroatoms. The first-order chi connectivity index (χ1) is 8.36. The van der Waals surface area contributed by atoms with E-state index < -0.39 is 0 Å². The van der Waals surface area contributed by atoms with Crippen molar-refractivity contribution in [3.63, 3.8) is 0 Å². The summed E-state index contributed by atoms with van der Waals surface area (Å²) in [5, 5.41) is 4.44. The molecule has 2 rings (SSSR count). The predicted octanol–water partition coefficient (Wildman–Crippen LogP) is 3.33. The minimum atomic E-state index is 0.725. The third-order valence-corrected chi connectivity index (χ3v) is 2.67. The number of benzene rings is 1. The predicted molar refractivity (Wildman–Crippen MR) is 69.4 cm³/mol. The van der Waals surface area contributed by atoms with Crippen LogP contribution in [-0.4, -0.2) is 13.2 Å². The lowest BCUT2D eigenvalue weighted by atomic mass is 10.1. The number of nitrogens with one attached hydrogen (secondary N) is 1. The molecule has 0 bridgehead atoms. The fourth-order valence-electron chi connectivity index (χ4n) is 1.81. The van der Waals surface area contributed by atoms with Gasteiger partial charge in [0.25, 0.3) is 0 Å². The number of rotatable bonds is 6. The number of ether oxygens (including phenoxy) is 1. The molecule has 1 aromatic heterocycles. The SMILES string of the molecule is CCCOc1cccc2c(CNCC)coc12. The maximum Gasteiger partial charge on any atom is 0.176 e. The van der Waals surface area contributed by atoms with Crippen LogP contribution in [-0.2, 0) is 6.54 Å². The van der Waals surface area contributed by atoms with Crippen molar-refractivity contribution in [2.45, 2.75) is 26.8 Å². The molecule has 0 aliphatic carbocycles. The molecule has 92 valence electrons. The van der Waals surface area contributed by atoms with Crippen molar-refractivity contribution < 1.29 is 9.15 Å². The third-order valence-electron chi connectivity index (χ3n) is 2.67. The zero-order valence-corrected chi connectivity index (χ0v) is 10.5. The van der Waals surface area contributed by atoms with E-state index in [1.54, 1.807) is 0 Å². The Kier molecular flexibility index (Phi) is 4.04. The summed E-state index contributed by atoms with van der Waals surface area (Å²) < 4.78 is 11.3. The molecule has 0 atom stereocenters. The van der Waals surface area contributed by atoms with Crippen molar-refractivity contribution in [1.29, 1.82) is 0 Å². The maximum atomic E-state index is 5.67. The quantitative estimate of drug-likeness (QED) is 0.831. The molecule has 2 aromatic rings. The molecular weight excluding hydrogens is 214 g/mol. The van der Waals surface area contributed by atoms with Gasteiger partial charge in [-0.05, 0) is 19.0 Å². The van der Waals surface area contributed by atoms with Gasteiger partial charge in [-0.1, -0.05) is 26.0 Å². The number of hydrogen-bond donors (Lipinski definition) is 1. The topological polar surface area (TPSA) is 34.4 Å². The monoisotopic (exact) mass is 233 g/mol. The Morgan fingerprint density at radius 1 is 1.29 bits per heavy atom. The Bertz CT molecular complexity index is 476. The van der Waals surface area contributed by atoms with Gasteiger partial charge < -0.3 is 14.5 Å². The largest absolute Gasteiger partial charge is 0.490 e. The van der Waals surface area contributed by atoms with E-state index in [-0.39, 0.29) is 0 Å². The summed E-state index contributed by atoms with van der Waals surface area (Å²) in [5.41, 5.74) is 2.04. The first kappa shape index (κ1) is 12.0. The third kappa shape index (κ3) is 2.61. The summed E-state index contributed by atoms with van der Waals surface area (Å²) in [6.07, 6.45) is 2.81. The minimum absolute atomic E-state index is 0.725. The molecule has 0 saturated carbocycles. The van der Waals surface area contributed by atoms with Gasteiger partial charge in [0.2, 0.25) is 0 Å². The van der Waals surface area contributed by atoms with Crippen LogP contribution in [0.3, 0.4) is 0 Å². The zero-order chi connectivity index (χ0) is 12.1. The summed E-state index contributed by atoms with van der Waals surface area (Å²) in [6.45, 7) is 6.71. The van der Waals surface area contributed by atoms with Crippen molar-refractivity contribution in [3.8, 4) is 5.75 Å². The van der Waals surface area contributed by atoms with E-state index in [1.165, 1.54) is 5.56 Å². The Morgan fingerprint density at radius 2 is 2.18 bits per heavy atom. The van der Waals surface area contributed by atoms with Crippen LogP contribution in [0, 0.1) is 0 Å². The highest BCUT2D eigenvalue weighted by molar-refractivity contribution is 5.86. The Labute approximate surface area is 102 Å². The van der Waals surface area contributed by atoms with Crippen LogP contribution >= 0.6 is 0 Å². The standard InChI is InChI=1S/C14H19NO2/c1-3-8-16-13-7-5-6-12-11(9-15-4-2)10-17-14(12)13/h5-7,10,15H,3-4,8-9H2,1-2H3. The zero-order valence-electron chi connectivity index (χ0n) is 10.5. The molecule has 17 heavy (non-hydrogen) atoms. The van der Waals surface area contributed by atoms with Crippen molar-refractivity contribution >= 4 is 11.0 Å². The van der Waals surface area contributed by atoms with E-state index in [4.69, 9.17) is 9.15 Å². The summed E-state index contributed by atoms with van der Waals surface area (Å²) in [6, 6.07) is 6.04. The maximum absolute atomic E-state index is 5.67. The van der Waals surface area contributed by atoms with Crippen molar-refractivity contribution in [3.05, 3.63) is 30.0 Å². The molecule has 1 aromatic carbocycles. The van der Waals surface area contributed by atoms with Gasteiger partial charge in [-0.2, -0.15) is 0 Å². The van der Waals surface area contributed by atoms with E-state index in [1.807, 2.05) is 18.4 Å². The van der Waals surface area contributed by atoms with Crippen LogP contribution in [0.4, 0.5) is 0 Å². The average molecular weight is 233 g/mol. The second-order valence-corrected chi connectivity index (χ2v) is 4.02. The van der Waals surface area contributed by atoms with E-state index in [0.29, 0.717) is 0 Å². The van der Waals surface area contributed by atoms with Crippen molar-refractivity contribution in [2.24, 2.45) is 0 Å². The van der Waals surface area contributed by atoms with Crippen LogP contribution in [0.15, 0.2) is 28.9 Å². The van der Waals surface area contributed by atoms with Gasteiger partial charge in [0.05, 0.1) is 12.9 Å². The molecule has 0 spiro atoms. The Balaban J connectivity index is 2.28. The number of fused-ring (bicyclic) bond motifs is 1. The number of para-hydroxylation sites is 1. The normalized spacial score (nSPS) is 10.9. The molecule has 3 nitrogen and oxygen atoms in total. The van der Waals surface area contributed by atoms with Gasteiger partial charge in [0, 0.05) is 17.5 Å². The summed E-state index contributed by atoms with van der Waals surface area (Å²) in [7, 11) is 0. The van der Waals surface area contributed by atoms with Crippen LogP contribution in [0.5, 0.6) is 5.75 Å². The molecule has 0 amide bonds. The Hall–Kier alpha value is -1.48. The molecule has 0 unspecified atom stereocenters. The van der Waals surface area contributed by atoms with Crippen molar-refractivity contribution in [1.82, 2.24) is 5.32 Å². The summed E-state index contributed by atoms with van der Waals surface area (Å²) in [5.74, 6) is 0.840. The fraction of sp³-hybridized carbons (Fsp3) is 0.429. The molecule has 1 N–H and O–H groups in total. The average Bonchev–Trinajstić information content (AvgIpc) is 2.77. The van der Waals surface area contributed by atoms with Crippen molar-refractivity contribution in [2.75, 3.05) is 13.2 Å². The summed E-state index contributed by atoms with van der Waals surface area (Å²) in [4.78, 5) is 0. The van der Waals surface area contributed by atoms with Crippen LogP contribution in [0.25, 0.3) is 11.0 Å². The van der Waals surface area contributed by atoms with E-state index in [9.17, 15) is 0 Å². The van der Waals surface area contributed by atoms with Crippen LogP contribution in [0.2, 0.25) is 0 Å². The van der Waals surface area contributed by atoms with Gasteiger partial charge in [0.1, 0.15) is 0 Å². The molecule has 1 heterocycles. The first-order valence-electron chi connectivity index (χ1n) is 6.19. The van der Waals surface area contributed by atoms with E-state index in [0.717, 1.165) is 42.8 Å². The molecule has 0 aliphatic rings. The Morgan fingerprint density at radius 3 is 2.94 bits per heavy atom. The second kappa shape index (κ2) is 5.73. The lowest BCUT2D eigenvalue weighted by molar-refractivity contribution is 0.316. The highest BCUT2D eigenvalue weighted by Crippen LogP contribution is 2.29. The van der Waals surface area contributed by atoms with E-state index in [2.05, 4.69) is 25.2 Å². The van der Waals surface area contributed by atoms with Crippen LogP contribution in [0.1, 0.15) is 25.8 Å².